The lowest BCUT2D eigenvalue weighted by atomic mass is 10.0. The van der Waals surface area contributed by atoms with E-state index in [0.29, 0.717) is 42.6 Å². The van der Waals surface area contributed by atoms with Crippen molar-refractivity contribution >= 4 is 40.9 Å². The van der Waals surface area contributed by atoms with Crippen molar-refractivity contribution in [1.82, 2.24) is 15.0 Å². The van der Waals surface area contributed by atoms with Crippen LogP contribution in [0.4, 0.5) is 5.69 Å². The topological polar surface area (TPSA) is 78.7 Å². The predicted molar refractivity (Wildman–Crippen MR) is 136 cm³/mol. The molecule has 1 aliphatic carbocycles. The number of carbonyl (C=O) groups is 2. The van der Waals surface area contributed by atoms with Crippen LogP contribution in [0.25, 0.3) is 0 Å². The summed E-state index contributed by atoms with van der Waals surface area (Å²) >= 11 is 7.85. The van der Waals surface area contributed by atoms with Gasteiger partial charge in [-0.15, -0.1) is 11.8 Å². The first kappa shape index (κ1) is 24.6. The molecular formula is C25H29ClN4O3S. The zero-order chi connectivity index (χ0) is 24.1. The Morgan fingerprint density at radius 2 is 1.97 bits per heavy atom. The molecule has 0 radical (unpaired) electrons. The second kappa shape index (κ2) is 11.3. The van der Waals surface area contributed by atoms with Gasteiger partial charge in [-0.05, 0) is 44.4 Å². The number of carbonyl (C=O) groups excluding carboxylic acids is 2. The highest BCUT2D eigenvalue weighted by atomic mass is 35.5. The molecule has 4 rings (SSSR count). The lowest BCUT2D eigenvalue weighted by Crippen LogP contribution is -2.50. The number of aromatic nitrogens is 1. The molecule has 2 aromatic rings. The Kier molecular flexibility index (Phi) is 8.13. The molecule has 1 N–H and O–H groups in total. The third-order valence-electron chi connectivity index (χ3n) is 5.86. The number of aryl methyl sites for hydroxylation is 2. The zero-order valence-corrected chi connectivity index (χ0v) is 21.0. The van der Waals surface area contributed by atoms with Gasteiger partial charge in [0.2, 0.25) is 5.91 Å². The van der Waals surface area contributed by atoms with E-state index in [1.165, 1.54) is 0 Å². The molecule has 2 amide bonds. The van der Waals surface area contributed by atoms with E-state index in [-0.39, 0.29) is 18.4 Å². The van der Waals surface area contributed by atoms with Crippen LogP contribution in [0, 0.1) is 13.8 Å². The Balaban J connectivity index is 1.30. The highest BCUT2D eigenvalue weighted by Crippen LogP contribution is 2.32. The summed E-state index contributed by atoms with van der Waals surface area (Å²) in [7, 11) is 0. The normalized spacial score (nSPS) is 16.7. The quantitative estimate of drug-likeness (QED) is 0.600. The molecular weight excluding hydrogens is 472 g/mol. The van der Waals surface area contributed by atoms with Gasteiger partial charge in [-0.25, -0.2) is 0 Å². The van der Waals surface area contributed by atoms with Crippen molar-refractivity contribution in [2.45, 2.75) is 32.4 Å². The number of piperazine rings is 1. The van der Waals surface area contributed by atoms with E-state index in [4.69, 9.17) is 16.1 Å². The molecule has 0 spiro atoms. The van der Waals surface area contributed by atoms with E-state index in [1.807, 2.05) is 49.1 Å². The average Bonchev–Trinajstić information content (AvgIpc) is 3.25. The summed E-state index contributed by atoms with van der Waals surface area (Å²) in [5.74, 6) is 1.45. The highest BCUT2D eigenvalue weighted by molar-refractivity contribution is 8.02. The van der Waals surface area contributed by atoms with E-state index in [9.17, 15) is 9.59 Å². The van der Waals surface area contributed by atoms with Crippen molar-refractivity contribution in [3.63, 3.8) is 0 Å². The van der Waals surface area contributed by atoms with Crippen molar-refractivity contribution in [1.29, 1.82) is 0 Å². The third kappa shape index (κ3) is 6.31. The molecule has 0 unspecified atom stereocenters. The number of halogens is 1. The molecule has 34 heavy (non-hydrogen) atoms. The Morgan fingerprint density at radius 1 is 1.18 bits per heavy atom. The Morgan fingerprint density at radius 3 is 2.68 bits per heavy atom. The maximum absolute atomic E-state index is 13.3. The van der Waals surface area contributed by atoms with Gasteiger partial charge in [0.05, 0.1) is 22.9 Å². The van der Waals surface area contributed by atoms with Gasteiger partial charge in [0.15, 0.2) is 0 Å². The molecule has 0 saturated carbocycles. The molecule has 2 heterocycles. The first-order chi connectivity index (χ1) is 16.4. The average molecular weight is 501 g/mol. The van der Waals surface area contributed by atoms with Crippen LogP contribution in [0.15, 0.2) is 51.4 Å². The van der Waals surface area contributed by atoms with Crippen LogP contribution in [-0.2, 0) is 15.3 Å². The summed E-state index contributed by atoms with van der Waals surface area (Å²) < 4.78 is 5.14. The summed E-state index contributed by atoms with van der Waals surface area (Å²) in [6.45, 7) is 6.62. The van der Waals surface area contributed by atoms with Gasteiger partial charge < -0.3 is 14.7 Å². The SMILES string of the molecule is Cc1ccc(NC(=O)CN2CCN(C(=O)C3=C(SCc4cc(C)on4)C=CCC3)CC2)c(Cl)c1. The minimum Gasteiger partial charge on any atom is -0.361 e. The fourth-order valence-electron chi connectivity index (χ4n) is 4.04. The van der Waals surface area contributed by atoms with E-state index in [2.05, 4.69) is 21.4 Å². The van der Waals surface area contributed by atoms with Gasteiger partial charge >= 0.3 is 0 Å². The number of nitrogens with zero attached hydrogens (tertiary/aromatic N) is 3. The van der Waals surface area contributed by atoms with Crippen molar-refractivity contribution in [3.05, 3.63) is 68.9 Å². The highest BCUT2D eigenvalue weighted by Gasteiger charge is 2.27. The zero-order valence-electron chi connectivity index (χ0n) is 19.5. The molecule has 1 aromatic carbocycles. The minimum atomic E-state index is -0.104. The fourth-order valence-corrected chi connectivity index (χ4v) is 5.32. The smallest absolute Gasteiger partial charge is 0.251 e. The number of hydrogen-bond acceptors (Lipinski definition) is 6. The van der Waals surface area contributed by atoms with E-state index < -0.39 is 0 Å². The monoisotopic (exact) mass is 500 g/mol. The number of anilines is 1. The van der Waals surface area contributed by atoms with Crippen molar-refractivity contribution in [2.75, 3.05) is 38.0 Å². The van der Waals surface area contributed by atoms with E-state index >= 15 is 0 Å². The van der Waals surface area contributed by atoms with Crippen LogP contribution >= 0.6 is 23.4 Å². The van der Waals surface area contributed by atoms with Gasteiger partial charge in [0, 0.05) is 48.5 Å². The minimum absolute atomic E-state index is 0.0960. The number of rotatable bonds is 7. The third-order valence-corrected chi connectivity index (χ3v) is 7.31. The number of amides is 2. The fraction of sp³-hybridized carbons (Fsp3) is 0.400. The number of hydrogen-bond donors (Lipinski definition) is 1. The molecule has 1 saturated heterocycles. The molecule has 1 aliphatic heterocycles. The number of nitrogens with one attached hydrogen (secondary N) is 1. The standard InChI is InChI=1S/C25H29ClN4O3S/c1-17-7-8-22(21(26)13-17)27-24(31)15-29-9-11-30(12-10-29)25(32)20-5-3-4-6-23(20)34-16-19-14-18(2)33-28-19/h4,6-8,13-14H,3,5,9-12,15-16H2,1-2H3,(H,27,31). The lowest BCUT2D eigenvalue weighted by Gasteiger charge is -2.35. The van der Waals surface area contributed by atoms with Gasteiger partial charge in [0.25, 0.3) is 5.91 Å². The van der Waals surface area contributed by atoms with E-state index in [1.54, 1.807) is 11.8 Å². The number of benzene rings is 1. The molecule has 7 nitrogen and oxygen atoms in total. The van der Waals surface area contributed by atoms with E-state index in [0.717, 1.165) is 40.3 Å². The lowest BCUT2D eigenvalue weighted by molar-refractivity contribution is -0.129. The van der Waals surface area contributed by atoms with Crippen LogP contribution in [0.2, 0.25) is 5.02 Å². The first-order valence-corrected chi connectivity index (χ1v) is 12.8. The molecule has 9 heteroatoms. The van der Waals surface area contributed by atoms with Gasteiger partial charge in [-0.2, -0.15) is 0 Å². The number of allylic oxidation sites excluding steroid dienone is 2. The summed E-state index contributed by atoms with van der Waals surface area (Å²) in [4.78, 5) is 30.8. The Labute approximate surface area is 209 Å². The molecule has 1 aromatic heterocycles. The maximum Gasteiger partial charge on any atom is 0.251 e. The van der Waals surface area contributed by atoms with Gasteiger partial charge in [-0.1, -0.05) is 35.0 Å². The first-order valence-electron chi connectivity index (χ1n) is 11.4. The van der Waals surface area contributed by atoms with Gasteiger partial charge in [-0.3, -0.25) is 14.5 Å². The molecule has 0 bridgehead atoms. The number of thioether (sulfide) groups is 1. The van der Waals surface area contributed by atoms with Crippen molar-refractivity contribution in [3.8, 4) is 0 Å². The molecule has 2 aliphatic rings. The second-order valence-corrected chi connectivity index (χ2v) is 10.0. The summed E-state index contributed by atoms with van der Waals surface area (Å²) in [6, 6.07) is 7.48. The molecule has 180 valence electrons. The second-order valence-electron chi connectivity index (χ2n) is 8.60. The predicted octanol–water partition coefficient (Wildman–Crippen LogP) is 4.57. The Bertz CT molecular complexity index is 1120. The van der Waals surface area contributed by atoms with Gasteiger partial charge in [0.1, 0.15) is 5.76 Å². The van der Waals surface area contributed by atoms with Crippen LogP contribution in [0.3, 0.4) is 0 Å². The summed E-state index contributed by atoms with van der Waals surface area (Å²) in [5.41, 5.74) is 3.41. The summed E-state index contributed by atoms with van der Waals surface area (Å²) in [5, 5.41) is 7.46. The van der Waals surface area contributed by atoms with Crippen molar-refractivity contribution < 1.29 is 14.1 Å². The molecule has 0 atom stereocenters. The largest absolute Gasteiger partial charge is 0.361 e. The van der Waals surface area contributed by atoms with Crippen molar-refractivity contribution in [2.24, 2.45) is 0 Å². The molecule has 1 fully saturated rings. The Hall–Kier alpha value is -2.55. The van der Waals surface area contributed by atoms with Crippen LogP contribution in [0.5, 0.6) is 0 Å². The van der Waals surface area contributed by atoms with Crippen LogP contribution in [-0.4, -0.2) is 59.5 Å². The van der Waals surface area contributed by atoms with Crippen LogP contribution < -0.4 is 5.32 Å². The van der Waals surface area contributed by atoms with Crippen LogP contribution in [0.1, 0.15) is 29.9 Å². The maximum atomic E-state index is 13.3. The summed E-state index contributed by atoms with van der Waals surface area (Å²) in [6.07, 6.45) is 5.78.